The van der Waals surface area contributed by atoms with Crippen molar-refractivity contribution in [2.45, 2.75) is 224 Å². The van der Waals surface area contributed by atoms with E-state index in [0.29, 0.717) is 42.8 Å². The third kappa shape index (κ3) is 12.7. The zero-order valence-electron chi connectivity index (χ0n) is 50.5. The molecule has 4 heterocycles. The van der Waals surface area contributed by atoms with Gasteiger partial charge in [-0.15, -0.1) is 0 Å². The molecule has 4 aliphatic rings. The molecule has 0 spiro atoms. The number of benzene rings is 3. The number of aromatic nitrogens is 4. The third-order valence-corrected chi connectivity index (χ3v) is 26.6. The van der Waals surface area contributed by atoms with Gasteiger partial charge >= 0.3 is 17.9 Å². The predicted octanol–water partition coefficient (Wildman–Crippen LogP) is 12.0. The van der Waals surface area contributed by atoms with Crippen LogP contribution in [0.4, 0.5) is 5.82 Å². The van der Waals surface area contributed by atoms with Gasteiger partial charge in [0, 0.05) is 26.3 Å². The summed E-state index contributed by atoms with van der Waals surface area (Å²) >= 11 is 0. The zero-order valence-corrected chi connectivity index (χ0v) is 52.5. The Kier molecular flexibility index (Phi) is 18.3. The molecule has 2 aromatic heterocycles. The number of nitrogens with zero attached hydrogens (tertiary/aromatic N) is 4. The minimum Gasteiger partial charge on any atom is -0.455 e. The summed E-state index contributed by atoms with van der Waals surface area (Å²) in [6.07, 6.45) is 2.23. The number of fused-ring (bicyclic) bond motifs is 1. The normalized spacial score (nSPS) is 25.6. The van der Waals surface area contributed by atoms with Crippen molar-refractivity contribution in [2.24, 2.45) is 0 Å². The SMILES string of the molecule is CC[C@@]1(C2(O[Si](C)(C)C(C)(C)C)CC2)OC(OC(C)=O)[C@@H](OC(C)=O)C1OCc1ccccc1.CC[C@@]1(C2(O[Si](C)(C)C(C)(C)C)CC2)O[C@@H](n2cnc3c(NC(=O)c4ccccc4)ncnc32)[C@@H](OC(C)=O)C1OCc1ccccc1. The van der Waals surface area contributed by atoms with Gasteiger partial charge in [0.1, 0.15) is 29.7 Å². The quantitative estimate of drug-likeness (QED) is 0.0437. The summed E-state index contributed by atoms with van der Waals surface area (Å²) in [5.41, 5.74) is 0.121. The highest BCUT2D eigenvalue weighted by molar-refractivity contribution is 6.74. The lowest BCUT2D eigenvalue weighted by molar-refractivity contribution is -0.224. The summed E-state index contributed by atoms with van der Waals surface area (Å²) in [6.45, 7) is 31.0. The molecule has 82 heavy (non-hydrogen) atoms. The van der Waals surface area contributed by atoms with Crippen molar-refractivity contribution < 1.29 is 61.2 Å². The first-order valence-electron chi connectivity index (χ1n) is 28.7. The van der Waals surface area contributed by atoms with Gasteiger partial charge in [-0.05, 0) is 98.0 Å². The van der Waals surface area contributed by atoms with E-state index in [0.717, 1.165) is 36.8 Å². The van der Waals surface area contributed by atoms with Crippen molar-refractivity contribution in [3.63, 3.8) is 0 Å². The number of imidazole rings is 1. The molecule has 9 rings (SSSR count). The van der Waals surface area contributed by atoms with Crippen molar-refractivity contribution >= 4 is 57.4 Å². The number of rotatable bonds is 20. The van der Waals surface area contributed by atoms with E-state index in [1.807, 2.05) is 73.7 Å². The Morgan fingerprint density at radius 2 is 1.05 bits per heavy atom. The van der Waals surface area contributed by atoms with Gasteiger partial charge in [0.25, 0.3) is 5.91 Å². The van der Waals surface area contributed by atoms with Gasteiger partial charge in [0.15, 0.2) is 52.1 Å². The molecule has 4 fully saturated rings. The van der Waals surface area contributed by atoms with E-state index >= 15 is 0 Å². The second-order valence-electron chi connectivity index (χ2n) is 25.3. The van der Waals surface area contributed by atoms with Gasteiger partial charge in [-0.2, -0.15) is 0 Å². The van der Waals surface area contributed by atoms with E-state index in [9.17, 15) is 19.2 Å². The number of anilines is 1. The summed E-state index contributed by atoms with van der Waals surface area (Å²) in [7, 11) is -4.47. The Morgan fingerprint density at radius 3 is 1.49 bits per heavy atom. The van der Waals surface area contributed by atoms with E-state index in [4.69, 9.17) is 42.0 Å². The molecule has 5 aromatic rings. The maximum atomic E-state index is 13.0. The topological polar surface area (TPSA) is 207 Å². The largest absolute Gasteiger partial charge is 0.455 e. The number of carbonyl (C=O) groups excluding carboxylic acids is 4. The second kappa shape index (κ2) is 24.1. The number of esters is 3. The summed E-state index contributed by atoms with van der Waals surface area (Å²) in [4.78, 5) is 63.3. The molecular weight excluding hydrogens is 1080 g/mol. The van der Waals surface area contributed by atoms with Crippen LogP contribution in [0.5, 0.6) is 0 Å². The molecule has 3 unspecified atom stereocenters. The minimum atomic E-state index is -2.29. The fourth-order valence-electron chi connectivity index (χ4n) is 11.2. The molecule has 0 bridgehead atoms. The monoisotopic (exact) mass is 1160 g/mol. The maximum absolute atomic E-state index is 13.0. The standard InChI is InChI=1S/C36H45N5O6Si.C26H40O7Si/c1-8-36(35(19-20-35)47-48(6,7)34(3,4)5)29(44-21-25-15-11-9-12-16-25)28(45-24(2)42)33(46-36)41-23-39-27-30(37-22-38-31(27)41)40-32(43)26-17-13-10-14-18-26;1-9-26(25(15-16-25)33-34(7,8)24(4,5)6)22(29-17-20-13-11-10-12-14-20)21(30-18(2)27)23(32-26)31-19(3)28/h9-18,22-23,28-29,33H,8,19-21H2,1-7H3,(H,37,38,40,43);10-14,21-23H,9,15-17H2,1-8H3/t28-,29?,33+,36+;21-,22?,23?,26+/m00/s1. The second-order valence-corrected chi connectivity index (χ2v) is 34.7. The first-order chi connectivity index (χ1) is 38.6. The van der Waals surface area contributed by atoms with Gasteiger partial charge in [-0.1, -0.05) is 134 Å². The van der Waals surface area contributed by atoms with Gasteiger partial charge < -0.3 is 47.3 Å². The number of carbonyl (C=O) groups is 4. The Labute approximate surface area is 485 Å². The van der Waals surface area contributed by atoms with Crippen LogP contribution >= 0.6 is 0 Å². The Morgan fingerprint density at radius 1 is 0.610 bits per heavy atom. The average molecular weight is 1160 g/mol. The molecule has 1 N–H and O–H groups in total. The number of ether oxygens (including phenoxy) is 7. The zero-order chi connectivity index (χ0) is 59.7. The number of nitrogens with one attached hydrogen (secondary N) is 1. The van der Waals surface area contributed by atoms with E-state index in [-0.39, 0.29) is 21.8 Å². The summed E-state index contributed by atoms with van der Waals surface area (Å²) in [5.74, 6) is -1.52. The number of amides is 1. The lowest BCUT2D eigenvalue weighted by atomic mass is 9.84. The first kappa shape index (κ1) is 62.3. The van der Waals surface area contributed by atoms with Crippen LogP contribution in [0.25, 0.3) is 11.2 Å². The maximum Gasteiger partial charge on any atom is 0.305 e. The Hall–Kier alpha value is -5.72. The highest BCUT2D eigenvalue weighted by Crippen LogP contribution is 2.63. The third-order valence-electron chi connectivity index (χ3n) is 17.6. The van der Waals surface area contributed by atoms with E-state index in [1.54, 1.807) is 35.2 Å². The van der Waals surface area contributed by atoms with Gasteiger partial charge in [-0.3, -0.25) is 23.7 Å². The van der Waals surface area contributed by atoms with Crippen molar-refractivity contribution in [1.82, 2.24) is 19.5 Å². The van der Waals surface area contributed by atoms with Crippen molar-refractivity contribution in [3.05, 3.63) is 120 Å². The van der Waals surface area contributed by atoms with E-state index < -0.39 is 93.9 Å². The van der Waals surface area contributed by atoms with Crippen LogP contribution < -0.4 is 5.32 Å². The fraction of sp³-hybridized carbons (Fsp3) is 0.565. The Balaban J connectivity index is 0.000000228. The Bertz CT molecular complexity index is 3030. The van der Waals surface area contributed by atoms with Crippen molar-refractivity contribution in [1.29, 1.82) is 0 Å². The van der Waals surface area contributed by atoms with Crippen LogP contribution in [0, 0.1) is 0 Å². The van der Waals surface area contributed by atoms with Crippen LogP contribution in [-0.2, 0) is 69.6 Å². The smallest absolute Gasteiger partial charge is 0.305 e. The summed E-state index contributed by atoms with van der Waals surface area (Å²) in [5, 5.41) is 2.83. The molecule has 2 saturated carbocycles. The molecule has 20 heteroatoms. The predicted molar refractivity (Wildman–Crippen MR) is 314 cm³/mol. The molecule has 2 saturated heterocycles. The van der Waals surface area contributed by atoms with Crippen LogP contribution in [0.15, 0.2) is 104 Å². The van der Waals surface area contributed by atoms with Crippen molar-refractivity contribution in [3.8, 4) is 0 Å². The molecule has 444 valence electrons. The molecule has 8 atom stereocenters. The summed E-state index contributed by atoms with van der Waals surface area (Å²) < 4.78 is 60.5. The molecule has 2 aliphatic carbocycles. The number of hydrogen-bond donors (Lipinski definition) is 1. The molecule has 18 nitrogen and oxygen atoms in total. The van der Waals surface area contributed by atoms with Gasteiger partial charge in [0.2, 0.25) is 6.29 Å². The molecule has 1 amide bonds. The molecule has 3 aromatic carbocycles. The van der Waals surface area contributed by atoms with Gasteiger partial charge in [0.05, 0.1) is 30.7 Å². The minimum absolute atomic E-state index is 0.00108. The van der Waals surface area contributed by atoms with Gasteiger partial charge in [-0.25, -0.2) is 15.0 Å². The lowest BCUT2D eigenvalue weighted by Gasteiger charge is -2.47. The molecule has 2 aliphatic heterocycles. The van der Waals surface area contributed by atoms with Crippen LogP contribution in [0.2, 0.25) is 36.3 Å². The van der Waals surface area contributed by atoms with Crippen LogP contribution in [-0.4, -0.2) is 113 Å². The highest BCUT2D eigenvalue weighted by Gasteiger charge is 2.75. The van der Waals surface area contributed by atoms with Crippen LogP contribution in [0.3, 0.4) is 0 Å². The van der Waals surface area contributed by atoms with Crippen molar-refractivity contribution in [2.75, 3.05) is 5.32 Å². The average Bonchev–Trinajstić information content (AvgIpc) is 3.80. The van der Waals surface area contributed by atoms with E-state index in [2.05, 4.69) is 94.9 Å². The van der Waals surface area contributed by atoms with Crippen LogP contribution in [0.1, 0.15) is 142 Å². The number of hydrogen-bond acceptors (Lipinski definition) is 16. The van der Waals surface area contributed by atoms with E-state index in [1.165, 1.54) is 27.1 Å². The first-order valence-corrected chi connectivity index (χ1v) is 34.5. The molecular formula is C62H85N5O13Si2. The fourth-order valence-corrected chi connectivity index (χ4v) is 14.5. The highest BCUT2D eigenvalue weighted by atomic mass is 28.4. The molecule has 0 radical (unpaired) electrons. The summed E-state index contributed by atoms with van der Waals surface area (Å²) in [6, 6.07) is 28.6. The lowest BCUT2D eigenvalue weighted by Crippen LogP contribution is -2.60.